The summed E-state index contributed by atoms with van der Waals surface area (Å²) < 4.78 is 30.1. The van der Waals surface area contributed by atoms with Crippen molar-refractivity contribution in [1.29, 1.82) is 0 Å². The van der Waals surface area contributed by atoms with Gasteiger partial charge in [0, 0.05) is 31.7 Å². The summed E-state index contributed by atoms with van der Waals surface area (Å²) in [5.74, 6) is 0.672. The monoisotopic (exact) mass is 426 g/mol. The van der Waals surface area contributed by atoms with Crippen LogP contribution in [0.5, 0.6) is 0 Å². The summed E-state index contributed by atoms with van der Waals surface area (Å²) in [4.78, 5) is 27.1. The predicted octanol–water partition coefficient (Wildman–Crippen LogP) is 0.897. The van der Waals surface area contributed by atoms with Crippen LogP contribution in [0.1, 0.15) is 30.7 Å². The summed E-state index contributed by atoms with van der Waals surface area (Å²) in [5, 5.41) is 1.98. The van der Waals surface area contributed by atoms with Crippen LogP contribution in [0.4, 0.5) is 0 Å². The van der Waals surface area contributed by atoms with E-state index in [-0.39, 0.29) is 12.6 Å². The van der Waals surface area contributed by atoms with Crippen molar-refractivity contribution in [2.24, 2.45) is 20.0 Å². The molecule has 0 aliphatic carbocycles. The molecule has 0 bridgehead atoms. The highest BCUT2D eigenvalue weighted by molar-refractivity contribution is 7.89. The highest BCUT2D eigenvalue weighted by Gasteiger charge is 2.28. The van der Waals surface area contributed by atoms with Gasteiger partial charge in [-0.15, -0.1) is 11.3 Å². The fourth-order valence-corrected chi connectivity index (χ4v) is 5.51. The van der Waals surface area contributed by atoms with Crippen molar-refractivity contribution in [3.63, 3.8) is 0 Å². The number of piperidine rings is 1. The lowest BCUT2D eigenvalue weighted by Crippen LogP contribution is -2.44. The van der Waals surface area contributed by atoms with Crippen LogP contribution in [0.3, 0.4) is 0 Å². The smallest absolute Gasteiger partial charge is 0.302 e. The summed E-state index contributed by atoms with van der Waals surface area (Å²) in [5.41, 5.74) is -1.39. The van der Waals surface area contributed by atoms with Gasteiger partial charge in [0.15, 0.2) is 4.90 Å². The van der Waals surface area contributed by atoms with E-state index in [1.165, 1.54) is 14.1 Å². The molecule has 1 N–H and O–H groups in total. The Morgan fingerprint density at radius 1 is 1.25 bits per heavy atom. The lowest BCUT2D eigenvalue weighted by Gasteiger charge is -2.36. The molecule has 0 spiro atoms. The third-order valence-electron chi connectivity index (χ3n) is 5.30. The Morgan fingerprint density at radius 2 is 1.93 bits per heavy atom. The number of rotatable bonds is 6. The van der Waals surface area contributed by atoms with Crippen LogP contribution in [0.15, 0.2) is 38.2 Å². The number of aryl methyl sites for hydroxylation is 1. The van der Waals surface area contributed by atoms with Crippen LogP contribution < -0.4 is 16.0 Å². The molecule has 1 saturated heterocycles. The maximum atomic E-state index is 12.8. The zero-order chi connectivity index (χ0) is 20.5. The van der Waals surface area contributed by atoms with Gasteiger partial charge in [0.2, 0.25) is 10.0 Å². The maximum absolute atomic E-state index is 12.8. The van der Waals surface area contributed by atoms with Gasteiger partial charge in [-0.2, -0.15) is 0 Å². The van der Waals surface area contributed by atoms with E-state index in [9.17, 15) is 18.0 Å². The molecular formula is C18H26N4O4S2. The third-order valence-corrected chi connectivity index (χ3v) is 7.68. The zero-order valence-electron chi connectivity index (χ0n) is 16.3. The Morgan fingerprint density at radius 3 is 2.54 bits per heavy atom. The second-order valence-electron chi connectivity index (χ2n) is 7.35. The molecule has 1 atom stereocenters. The lowest BCUT2D eigenvalue weighted by molar-refractivity contribution is 0.141. The van der Waals surface area contributed by atoms with Crippen molar-refractivity contribution >= 4 is 21.4 Å². The van der Waals surface area contributed by atoms with Gasteiger partial charge in [0.25, 0.3) is 5.56 Å². The van der Waals surface area contributed by atoms with Crippen molar-refractivity contribution < 1.29 is 8.42 Å². The zero-order valence-corrected chi connectivity index (χ0v) is 17.9. The third kappa shape index (κ3) is 4.29. The maximum Gasteiger partial charge on any atom is 0.330 e. The fourth-order valence-electron chi connectivity index (χ4n) is 3.46. The van der Waals surface area contributed by atoms with E-state index in [0.717, 1.165) is 46.1 Å². The van der Waals surface area contributed by atoms with Crippen LogP contribution in [-0.2, 0) is 24.1 Å². The molecule has 1 aliphatic rings. The highest BCUT2D eigenvalue weighted by atomic mass is 32.2. The van der Waals surface area contributed by atoms with E-state index in [0.29, 0.717) is 5.92 Å². The molecule has 3 rings (SSSR count). The largest absolute Gasteiger partial charge is 0.330 e. The summed E-state index contributed by atoms with van der Waals surface area (Å²) in [7, 11) is -1.36. The summed E-state index contributed by atoms with van der Waals surface area (Å²) >= 11 is 1.59. The second kappa shape index (κ2) is 8.32. The Kier molecular flexibility index (Phi) is 6.23. The average molecular weight is 427 g/mol. The summed E-state index contributed by atoms with van der Waals surface area (Å²) in [6, 6.07) is 3.88. The van der Waals surface area contributed by atoms with Crippen molar-refractivity contribution in [3.8, 4) is 0 Å². The first-order valence-corrected chi connectivity index (χ1v) is 11.6. The SMILES string of the molecule is CC1CCN(C(CNS(=O)(=O)c2cn(C)c(=O)n(C)c2=O)c2cccs2)CC1. The summed E-state index contributed by atoms with van der Waals surface area (Å²) in [6.07, 6.45) is 3.24. The molecule has 1 unspecified atom stereocenters. The second-order valence-corrected chi connectivity index (χ2v) is 10.1. The Hall–Kier alpha value is -1.75. The topological polar surface area (TPSA) is 93.4 Å². The molecule has 8 nitrogen and oxygen atoms in total. The van der Waals surface area contributed by atoms with Gasteiger partial charge in [-0.05, 0) is 43.3 Å². The molecular weight excluding hydrogens is 400 g/mol. The Bertz CT molecular complexity index is 1030. The summed E-state index contributed by atoms with van der Waals surface area (Å²) in [6.45, 7) is 4.22. The molecule has 1 fully saturated rings. The van der Waals surface area contributed by atoms with E-state index >= 15 is 0 Å². The van der Waals surface area contributed by atoms with Crippen molar-refractivity contribution in [1.82, 2.24) is 18.8 Å². The number of aromatic nitrogens is 2. The van der Waals surface area contributed by atoms with Crippen LogP contribution in [0.2, 0.25) is 0 Å². The van der Waals surface area contributed by atoms with Crippen molar-refractivity contribution in [3.05, 3.63) is 49.4 Å². The van der Waals surface area contributed by atoms with E-state index < -0.39 is 26.2 Å². The van der Waals surface area contributed by atoms with Gasteiger partial charge in [0.1, 0.15) is 0 Å². The van der Waals surface area contributed by atoms with E-state index in [4.69, 9.17) is 0 Å². The van der Waals surface area contributed by atoms with Crippen molar-refractivity contribution in [2.45, 2.75) is 30.7 Å². The minimum atomic E-state index is -4.05. The fraction of sp³-hybridized carbons (Fsp3) is 0.556. The highest BCUT2D eigenvalue weighted by Crippen LogP contribution is 2.29. The quantitative estimate of drug-likeness (QED) is 0.741. The van der Waals surface area contributed by atoms with Gasteiger partial charge in [-0.1, -0.05) is 13.0 Å². The minimum Gasteiger partial charge on any atom is -0.302 e. The molecule has 0 radical (unpaired) electrons. The molecule has 10 heteroatoms. The molecule has 0 saturated carbocycles. The molecule has 1 aliphatic heterocycles. The lowest BCUT2D eigenvalue weighted by atomic mass is 9.97. The molecule has 28 heavy (non-hydrogen) atoms. The standard InChI is InChI=1S/C18H26N4O4S2/c1-13-6-8-22(9-7-13)14(15-5-4-10-27-15)11-19-28(25,26)16-12-20(2)18(24)21(3)17(16)23/h4-5,10,12-14,19H,6-9,11H2,1-3H3. The van der Waals surface area contributed by atoms with Crippen LogP contribution in [-0.4, -0.2) is 42.1 Å². The Labute approximate surface area is 168 Å². The van der Waals surface area contributed by atoms with Gasteiger partial charge >= 0.3 is 5.69 Å². The number of hydrogen-bond acceptors (Lipinski definition) is 6. The van der Waals surface area contributed by atoms with Crippen LogP contribution in [0.25, 0.3) is 0 Å². The van der Waals surface area contributed by atoms with E-state index in [1.54, 1.807) is 11.3 Å². The van der Waals surface area contributed by atoms with Crippen LogP contribution in [0, 0.1) is 5.92 Å². The van der Waals surface area contributed by atoms with Crippen molar-refractivity contribution in [2.75, 3.05) is 19.6 Å². The number of nitrogens with one attached hydrogen (secondary N) is 1. The van der Waals surface area contributed by atoms with E-state index in [2.05, 4.69) is 16.5 Å². The average Bonchev–Trinajstić information content (AvgIpc) is 3.18. The number of sulfonamides is 1. The van der Waals surface area contributed by atoms with E-state index in [1.807, 2.05) is 17.5 Å². The first kappa shape index (κ1) is 21.0. The van der Waals surface area contributed by atoms with Gasteiger partial charge in [0.05, 0.1) is 6.04 Å². The Balaban J connectivity index is 1.85. The normalized spacial score (nSPS) is 17.7. The molecule has 2 aromatic heterocycles. The first-order valence-electron chi connectivity index (χ1n) is 9.24. The number of nitrogens with zero attached hydrogens (tertiary/aromatic N) is 3. The number of likely N-dealkylation sites (tertiary alicyclic amines) is 1. The molecule has 154 valence electrons. The van der Waals surface area contributed by atoms with Gasteiger partial charge < -0.3 is 4.57 Å². The number of thiophene rings is 1. The minimum absolute atomic E-state index is 0.0846. The predicted molar refractivity (Wildman–Crippen MR) is 109 cm³/mol. The molecule has 0 aromatic carbocycles. The molecule has 2 aromatic rings. The first-order chi connectivity index (χ1) is 13.2. The van der Waals surface area contributed by atoms with Gasteiger partial charge in [-0.3, -0.25) is 14.3 Å². The molecule has 0 amide bonds. The van der Waals surface area contributed by atoms with Gasteiger partial charge in [-0.25, -0.2) is 17.9 Å². The number of hydrogen-bond donors (Lipinski definition) is 1. The molecule has 3 heterocycles. The van der Waals surface area contributed by atoms with Crippen LogP contribution >= 0.6 is 11.3 Å².